The van der Waals surface area contributed by atoms with Gasteiger partial charge in [0.2, 0.25) is 0 Å². The largest absolute Gasteiger partial charge is 0.450 e. The first-order valence-electron chi connectivity index (χ1n) is 4.15. The topological polar surface area (TPSA) is 38.3 Å². The summed E-state index contributed by atoms with van der Waals surface area (Å²) in [5.41, 5.74) is 0. The Labute approximate surface area is 87.4 Å². The summed E-state index contributed by atoms with van der Waals surface area (Å²) in [4.78, 5) is 11.0. The number of alkyl halides is 1. The first-order valence-corrected chi connectivity index (χ1v) is 5.39. The van der Waals surface area contributed by atoms with Crippen LogP contribution in [0.3, 0.4) is 0 Å². The van der Waals surface area contributed by atoms with E-state index in [9.17, 15) is 4.79 Å². The number of ether oxygens (including phenoxy) is 1. The maximum atomic E-state index is 11.0. The molecule has 72 valence electrons. The van der Waals surface area contributed by atoms with Crippen LogP contribution in [0, 0.1) is 0 Å². The fourth-order valence-corrected chi connectivity index (χ4v) is 0.717. The van der Waals surface area contributed by atoms with E-state index in [0.29, 0.717) is 10.5 Å². The molecule has 1 N–H and O–H groups in total. The lowest BCUT2D eigenvalue weighted by atomic mass is 10.3. The molecule has 0 aromatic heterocycles. The van der Waals surface area contributed by atoms with Gasteiger partial charge < -0.3 is 10.1 Å². The molecular formula is C8H16INO2. The molecule has 4 heteroatoms. The number of nitrogens with one attached hydrogen (secondary N) is 1. The smallest absolute Gasteiger partial charge is 0.407 e. The van der Waals surface area contributed by atoms with Crippen LogP contribution < -0.4 is 5.32 Å². The third kappa shape index (κ3) is 5.62. The minimum Gasteiger partial charge on any atom is -0.450 e. The number of halogens is 1. The lowest BCUT2D eigenvalue weighted by Crippen LogP contribution is -2.37. The molecule has 0 radical (unpaired) electrons. The van der Waals surface area contributed by atoms with Crippen molar-refractivity contribution < 1.29 is 9.53 Å². The van der Waals surface area contributed by atoms with E-state index in [1.807, 2.05) is 20.8 Å². The van der Waals surface area contributed by atoms with Crippen molar-refractivity contribution in [2.45, 2.75) is 37.2 Å². The fourth-order valence-electron chi connectivity index (χ4n) is 0.537. The summed E-state index contributed by atoms with van der Waals surface area (Å²) in [5.74, 6) is 0. The van der Waals surface area contributed by atoms with Crippen LogP contribution in [-0.4, -0.2) is 22.7 Å². The number of alkyl carbamates (subject to hydrolysis) is 1. The summed E-state index contributed by atoms with van der Waals surface area (Å²) in [5, 5.41) is 2.75. The molecule has 0 fully saturated rings. The van der Waals surface area contributed by atoms with Gasteiger partial charge in [-0.1, -0.05) is 36.4 Å². The summed E-state index contributed by atoms with van der Waals surface area (Å²) < 4.78 is 5.27. The predicted octanol–water partition coefficient (Wildman–Crippen LogP) is 2.33. The molecule has 0 aliphatic carbocycles. The van der Waals surface area contributed by atoms with Crippen LogP contribution in [0.4, 0.5) is 4.79 Å². The molecule has 0 heterocycles. The quantitative estimate of drug-likeness (QED) is 0.636. The molecule has 0 rings (SSSR count). The molecule has 0 aromatic carbocycles. The minimum absolute atomic E-state index is 0.162. The third-order valence-corrected chi connectivity index (χ3v) is 2.55. The van der Waals surface area contributed by atoms with E-state index in [0.717, 1.165) is 6.42 Å². The monoisotopic (exact) mass is 285 g/mol. The zero-order valence-electron chi connectivity index (χ0n) is 7.76. The van der Waals surface area contributed by atoms with Gasteiger partial charge >= 0.3 is 6.09 Å². The number of hydrogen-bond donors (Lipinski definition) is 1. The Morgan fingerprint density at radius 3 is 2.58 bits per heavy atom. The van der Waals surface area contributed by atoms with Crippen LogP contribution >= 0.6 is 22.6 Å². The van der Waals surface area contributed by atoms with Gasteiger partial charge in [-0.15, -0.1) is 0 Å². The Balaban J connectivity index is 3.54. The lowest BCUT2D eigenvalue weighted by Gasteiger charge is -2.15. The minimum atomic E-state index is -0.312. The number of rotatable bonds is 4. The Morgan fingerprint density at radius 2 is 2.17 bits per heavy atom. The maximum Gasteiger partial charge on any atom is 0.407 e. The highest BCUT2D eigenvalue weighted by molar-refractivity contribution is 14.1. The van der Waals surface area contributed by atoms with Gasteiger partial charge in [0.25, 0.3) is 0 Å². The van der Waals surface area contributed by atoms with Crippen molar-refractivity contribution in [1.82, 2.24) is 5.32 Å². The zero-order valence-corrected chi connectivity index (χ0v) is 9.92. The van der Waals surface area contributed by atoms with Crippen molar-refractivity contribution in [3.8, 4) is 0 Å². The van der Waals surface area contributed by atoms with Gasteiger partial charge in [-0.05, 0) is 13.3 Å². The normalized spacial score (nSPS) is 15.0. The van der Waals surface area contributed by atoms with Gasteiger partial charge in [-0.2, -0.15) is 0 Å². The van der Waals surface area contributed by atoms with E-state index < -0.39 is 0 Å². The number of carbonyl (C=O) groups excluding carboxylic acids is 1. The molecule has 0 aliphatic heterocycles. The van der Waals surface area contributed by atoms with Crippen LogP contribution in [-0.2, 0) is 4.74 Å². The Morgan fingerprint density at radius 1 is 1.58 bits per heavy atom. The maximum absolute atomic E-state index is 11.0. The SMILES string of the molecule is CCCOC(=O)NC(C)C(C)I. The predicted molar refractivity (Wildman–Crippen MR) is 57.7 cm³/mol. The number of carbonyl (C=O) groups is 1. The van der Waals surface area contributed by atoms with Crippen molar-refractivity contribution in [3.05, 3.63) is 0 Å². The van der Waals surface area contributed by atoms with E-state index in [1.165, 1.54) is 0 Å². The van der Waals surface area contributed by atoms with Crippen LogP contribution in [0.15, 0.2) is 0 Å². The summed E-state index contributed by atoms with van der Waals surface area (Å²) >= 11 is 2.27. The van der Waals surface area contributed by atoms with Crippen molar-refractivity contribution in [1.29, 1.82) is 0 Å². The molecule has 0 aromatic rings. The number of amides is 1. The summed E-state index contributed by atoms with van der Waals surface area (Å²) in [6, 6.07) is 0.162. The Hall–Kier alpha value is 0. The standard InChI is InChI=1S/C8H16INO2/c1-4-5-12-8(11)10-7(3)6(2)9/h6-7H,4-5H2,1-3H3,(H,10,11). The van der Waals surface area contributed by atoms with Gasteiger partial charge in [0.1, 0.15) is 0 Å². The van der Waals surface area contributed by atoms with E-state index >= 15 is 0 Å². The highest BCUT2D eigenvalue weighted by Crippen LogP contribution is 2.04. The molecule has 2 unspecified atom stereocenters. The average Bonchev–Trinajstić information content (AvgIpc) is 2.00. The van der Waals surface area contributed by atoms with Crippen molar-refractivity contribution in [2.75, 3.05) is 6.61 Å². The van der Waals surface area contributed by atoms with Crippen molar-refractivity contribution >= 4 is 28.7 Å². The first-order chi connectivity index (χ1) is 5.57. The van der Waals surface area contributed by atoms with Gasteiger partial charge in [-0.3, -0.25) is 0 Å². The van der Waals surface area contributed by atoms with Crippen LogP contribution in [0.25, 0.3) is 0 Å². The summed E-state index contributed by atoms with van der Waals surface area (Å²) in [7, 11) is 0. The Kier molecular flexibility index (Phi) is 6.51. The summed E-state index contributed by atoms with van der Waals surface area (Å²) in [6.45, 7) is 6.47. The number of hydrogen-bond acceptors (Lipinski definition) is 2. The van der Waals surface area contributed by atoms with E-state index in [1.54, 1.807) is 0 Å². The van der Waals surface area contributed by atoms with Crippen LogP contribution in [0.1, 0.15) is 27.2 Å². The molecule has 0 saturated heterocycles. The molecule has 0 saturated carbocycles. The third-order valence-electron chi connectivity index (χ3n) is 1.47. The zero-order chi connectivity index (χ0) is 9.56. The first kappa shape index (κ1) is 12.0. The van der Waals surface area contributed by atoms with Gasteiger partial charge in [-0.25, -0.2) is 4.79 Å². The molecule has 0 spiro atoms. The highest BCUT2D eigenvalue weighted by atomic mass is 127. The second-order valence-corrected chi connectivity index (χ2v) is 4.71. The van der Waals surface area contributed by atoms with Gasteiger partial charge in [0, 0.05) is 9.97 Å². The average molecular weight is 285 g/mol. The molecule has 3 nitrogen and oxygen atoms in total. The van der Waals surface area contributed by atoms with Crippen LogP contribution in [0.5, 0.6) is 0 Å². The second-order valence-electron chi connectivity index (χ2n) is 2.75. The van der Waals surface area contributed by atoms with E-state index in [4.69, 9.17) is 4.74 Å². The molecule has 12 heavy (non-hydrogen) atoms. The van der Waals surface area contributed by atoms with Crippen molar-refractivity contribution in [3.63, 3.8) is 0 Å². The molecular weight excluding hydrogens is 269 g/mol. The second kappa shape index (κ2) is 6.51. The summed E-state index contributed by atoms with van der Waals surface area (Å²) in [6.07, 6.45) is 0.551. The molecule has 0 bridgehead atoms. The van der Waals surface area contributed by atoms with Crippen LogP contribution in [0.2, 0.25) is 0 Å². The molecule has 1 amide bonds. The van der Waals surface area contributed by atoms with Gasteiger partial charge in [0.05, 0.1) is 6.61 Å². The van der Waals surface area contributed by atoms with E-state index in [2.05, 4.69) is 27.9 Å². The molecule has 2 atom stereocenters. The lowest BCUT2D eigenvalue weighted by molar-refractivity contribution is 0.143. The van der Waals surface area contributed by atoms with Crippen molar-refractivity contribution in [2.24, 2.45) is 0 Å². The Bertz CT molecular complexity index is 139. The van der Waals surface area contributed by atoms with Gasteiger partial charge in [0.15, 0.2) is 0 Å². The van der Waals surface area contributed by atoms with E-state index in [-0.39, 0.29) is 12.1 Å². The highest BCUT2D eigenvalue weighted by Gasteiger charge is 2.11. The molecule has 0 aliphatic rings. The fraction of sp³-hybridized carbons (Fsp3) is 0.875.